The van der Waals surface area contributed by atoms with Crippen LogP contribution in [0.5, 0.6) is 0 Å². The van der Waals surface area contributed by atoms with Gasteiger partial charge in [0, 0.05) is 31.7 Å². The molecule has 1 aliphatic rings. The lowest BCUT2D eigenvalue weighted by molar-refractivity contribution is 0.0569. The van der Waals surface area contributed by atoms with Gasteiger partial charge in [-0.25, -0.2) is 9.97 Å². The number of imidazole rings is 1. The minimum Gasteiger partial charge on any atom is -0.374 e. The van der Waals surface area contributed by atoms with Gasteiger partial charge < -0.3 is 14.2 Å². The Morgan fingerprint density at radius 1 is 1.50 bits per heavy atom. The summed E-state index contributed by atoms with van der Waals surface area (Å²) in [5.41, 5.74) is 2.08. The maximum atomic E-state index is 5.65. The van der Waals surface area contributed by atoms with Gasteiger partial charge in [-0.2, -0.15) is 0 Å². The van der Waals surface area contributed by atoms with Crippen LogP contribution in [-0.4, -0.2) is 45.7 Å². The average Bonchev–Trinajstić information content (AvgIpc) is 2.81. The molecule has 2 aromatic rings. The van der Waals surface area contributed by atoms with E-state index < -0.39 is 0 Å². The molecule has 18 heavy (non-hydrogen) atoms. The summed E-state index contributed by atoms with van der Waals surface area (Å²) in [5, 5.41) is 0.849. The Labute approximate surface area is 114 Å². The standard InChI is InChI=1S/C12H15BrN4O/c1-16-8-15-11-10(16)2-3-14-12(11)17-4-5-18-9(6-13)7-17/h2-3,8-9H,4-7H2,1H3. The highest BCUT2D eigenvalue weighted by Gasteiger charge is 2.22. The van der Waals surface area contributed by atoms with Crippen LogP contribution >= 0.6 is 15.9 Å². The molecule has 1 fully saturated rings. The molecule has 3 rings (SSSR count). The number of hydrogen-bond acceptors (Lipinski definition) is 4. The van der Waals surface area contributed by atoms with Gasteiger partial charge in [0.25, 0.3) is 0 Å². The van der Waals surface area contributed by atoms with Crippen molar-refractivity contribution in [2.75, 3.05) is 29.9 Å². The van der Waals surface area contributed by atoms with Crippen LogP contribution in [0.15, 0.2) is 18.6 Å². The van der Waals surface area contributed by atoms with E-state index in [1.54, 1.807) is 0 Å². The number of fused-ring (bicyclic) bond motifs is 1. The van der Waals surface area contributed by atoms with Crippen molar-refractivity contribution in [1.29, 1.82) is 0 Å². The van der Waals surface area contributed by atoms with Crippen LogP contribution in [0.3, 0.4) is 0 Å². The first-order valence-electron chi connectivity index (χ1n) is 5.98. The Morgan fingerprint density at radius 2 is 2.39 bits per heavy atom. The third kappa shape index (κ3) is 1.99. The molecule has 0 spiro atoms. The molecule has 0 radical (unpaired) electrons. The van der Waals surface area contributed by atoms with Crippen LogP contribution in [0.25, 0.3) is 11.0 Å². The number of nitrogens with zero attached hydrogens (tertiary/aromatic N) is 4. The number of hydrogen-bond donors (Lipinski definition) is 0. The molecule has 0 aliphatic carbocycles. The van der Waals surface area contributed by atoms with Gasteiger partial charge in [-0.05, 0) is 6.07 Å². The van der Waals surface area contributed by atoms with E-state index in [1.165, 1.54) is 0 Å². The van der Waals surface area contributed by atoms with E-state index in [0.717, 1.165) is 41.9 Å². The smallest absolute Gasteiger partial charge is 0.156 e. The molecule has 0 bridgehead atoms. The number of alkyl halides is 1. The van der Waals surface area contributed by atoms with Gasteiger partial charge in [-0.1, -0.05) is 15.9 Å². The number of morpholine rings is 1. The molecule has 0 saturated carbocycles. The van der Waals surface area contributed by atoms with Gasteiger partial charge in [0.05, 0.1) is 24.6 Å². The van der Waals surface area contributed by atoms with Gasteiger partial charge in [0.2, 0.25) is 0 Å². The molecular formula is C12H15BrN4O. The second-order valence-corrected chi connectivity index (χ2v) is 5.10. The maximum Gasteiger partial charge on any atom is 0.156 e. The minimum atomic E-state index is 0.222. The fraction of sp³-hybridized carbons (Fsp3) is 0.500. The van der Waals surface area contributed by atoms with Crippen LogP contribution in [0.1, 0.15) is 0 Å². The number of pyridine rings is 1. The van der Waals surface area contributed by atoms with Crippen molar-refractivity contribution in [1.82, 2.24) is 14.5 Å². The Kier molecular flexibility index (Phi) is 3.22. The summed E-state index contributed by atoms with van der Waals surface area (Å²) in [5.74, 6) is 0.961. The van der Waals surface area contributed by atoms with E-state index in [-0.39, 0.29) is 6.10 Å². The molecule has 0 amide bonds. The third-order valence-corrected chi connectivity index (χ3v) is 3.96. The molecule has 1 unspecified atom stereocenters. The molecule has 0 aromatic carbocycles. The van der Waals surface area contributed by atoms with E-state index in [4.69, 9.17) is 4.74 Å². The molecule has 5 nitrogen and oxygen atoms in total. The highest BCUT2D eigenvalue weighted by Crippen LogP contribution is 2.24. The highest BCUT2D eigenvalue weighted by atomic mass is 79.9. The summed E-state index contributed by atoms with van der Waals surface area (Å²) in [6.07, 6.45) is 3.90. The molecule has 6 heteroatoms. The third-order valence-electron chi connectivity index (χ3n) is 3.23. The summed E-state index contributed by atoms with van der Waals surface area (Å²) in [6, 6.07) is 1.99. The van der Waals surface area contributed by atoms with Gasteiger partial charge in [-0.3, -0.25) is 0 Å². The van der Waals surface area contributed by atoms with Crippen molar-refractivity contribution in [3.8, 4) is 0 Å². The summed E-state index contributed by atoms with van der Waals surface area (Å²) >= 11 is 3.47. The van der Waals surface area contributed by atoms with E-state index in [9.17, 15) is 0 Å². The summed E-state index contributed by atoms with van der Waals surface area (Å²) in [6.45, 7) is 2.46. The maximum absolute atomic E-state index is 5.65. The fourth-order valence-corrected chi connectivity index (χ4v) is 2.68. The molecule has 1 atom stereocenters. The minimum absolute atomic E-state index is 0.222. The zero-order valence-electron chi connectivity index (χ0n) is 10.2. The first-order chi connectivity index (χ1) is 8.79. The Morgan fingerprint density at radius 3 is 3.22 bits per heavy atom. The first kappa shape index (κ1) is 11.9. The molecule has 96 valence electrons. The predicted molar refractivity (Wildman–Crippen MR) is 74.3 cm³/mol. The number of aromatic nitrogens is 3. The quantitative estimate of drug-likeness (QED) is 0.790. The molecule has 0 N–H and O–H groups in total. The van der Waals surface area contributed by atoms with Crippen LogP contribution in [0.2, 0.25) is 0 Å². The Hall–Kier alpha value is -1.14. The van der Waals surface area contributed by atoms with Gasteiger partial charge in [0.15, 0.2) is 5.82 Å². The molecule has 1 aliphatic heterocycles. The average molecular weight is 311 g/mol. The lowest BCUT2D eigenvalue weighted by atomic mass is 10.2. The van der Waals surface area contributed by atoms with Crippen LogP contribution in [0.4, 0.5) is 5.82 Å². The van der Waals surface area contributed by atoms with E-state index in [2.05, 4.69) is 30.8 Å². The largest absolute Gasteiger partial charge is 0.374 e. The van der Waals surface area contributed by atoms with E-state index >= 15 is 0 Å². The molecule has 1 saturated heterocycles. The number of ether oxygens (including phenoxy) is 1. The van der Waals surface area contributed by atoms with Crippen LogP contribution in [0, 0.1) is 0 Å². The van der Waals surface area contributed by atoms with Crippen LogP contribution < -0.4 is 4.90 Å². The van der Waals surface area contributed by atoms with Crippen molar-refractivity contribution in [2.24, 2.45) is 7.05 Å². The van der Waals surface area contributed by atoms with E-state index in [0.29, 0.717) is 0 Å². The van der Waals surface area contributed by atoms with Crippen molar-refractivity contribution >= 4 is 32.8 Å². The SMILES string of the molecule is Cn1cnc2c(N3CCOC(CBr)C3)nccc21. The Balaban J connectivity index is 1.98. The monoisotopic (exact) mass is 310 g/mol. The van der Waals surface area contributed by atoms with Crippen molar-refractivity contribution < 1.29 is 4.74 Å². The zero-order chi connectivity index (χ0) is 12.5. The highest BCUT2D eigenvalue weighted by molar-refractivity contribution is 9.09. The first-order valence-corrected chi connectivity index (χ1v) is 7.10. The number of anilines is 1. The molecule has 3 heterocycles. The second kappa shape index (κ2) is 4.85. The number of aryl methyl sites for hydroxylation is 1. The van der Waals surface area contributed by atoms with Gasteiger partial charge >= 0.3 is 0 Å². The molecule has 2 aromatic heterocycles. The normalized spacial score (nSPS) is 20.6. The number of halogens is 1. The predicted octanol–water partition coefficient (Wildman–Crippen LogP) is 1.57. The van der Waals surface area contributed by atoms with Crippen molar-refractivity contribution in [3.05, 3.63) is 18.6 Å². The summed E-state index contributed by atoms with van der Waals surface area (Å²) in [7, 11) is 2.00. The number of rotatable bonds is 2. The second-order valence-electron chi connectivity index (χ2n) is 4.45. The fourth-order valence-electron chi connectivity index (χ4n) is 2.28. The van der Waals surface area contributed by atoms with E-state index in [1.807, 2.05) is 30.2 Å². The van der Waals surface area contributed by atoms with Crippen molar-refractivity contribution in [3.63, 3.8) is 0 Å². The lowest BCUT2D eigenvalue weighted by Gasteiger charge is -2.32. The summed E-state index contributed by atoms with van der Waals surface area (Å²) < 4.78 is 7.67. The lowest BCUT2D eigenvalue weighted by Crippen LogP contribution is -2.43. The van der Waals surface area contributed by atoms with Crippen molar-refractivity contribution in [2.45, 2.75) is 6.10 Å². The van der Waals surface area contributed by atoms with Crippen LogP contribution in [-0.2, 0) is 11.8 Å². The molecular weight excluding hydrogens is 296 g/mol. The Bertz CT molecular complexity index is 556. The van der Waals surface area contributed by atoms with Gasteiger partial charge in [0.1, 0.15) is 5.52 Å². The topological polar surface area (TPSA) is 43.2 Å². The zero-order valence-corrected chi connectivity index (χ0v) is 11.8. The summed E-state index contributed by atoms with van der Waals surface area (Å²) in [4.78, 5) is 11.2. The van der Waals surface area contributed by atoms with Gasteiger partial charge in [-0.15, -0.1) is 0 Å².